The molecule has 0 saturated carbocycles. The standard InChI is InChI=1S/C24H36N6O.HI/c1-4-19-17-30(13-12-22(19)20-9-6-5-7-10-20)24(25-15-21-11-8-14-31-21)26-16-23-28-27-18(2)29(23)3;/h5-7,9-10,19,21-22H,4,8,11-17H2,1-3H3,(H,25,26);1H. The minimum atomic E-state index is 0. The van der Waals surface area contributed by atoms with Gasteiger partial charge in [-0.3, -0.25) is 0 Å². The molecule has 0 amide bonds. The van der Waals surface area contributed by atoms with E-state index in [9.17, 15) is 0 Å². The molecule has 3 atom stereocenters. The molecule has 0 aliphatic carbocycles. The number of likely N-dealkylation sites (tertiary alicyclic amines) is 1. The molecule has 2 aliphatic rings. The molecule has 4 rings (SSSR count). The first-order valence-corrected chi connectivity index (χ1v) is 11.7. The smallest absolute Gasteiger partial charge is 0.194 e. The zero-order valence-electron chi connectivity index (χ0n) is 19.5. The van der Waals surface area contributed by atoms with Gasteiger partial charge in [0.15, 0.2) is 11.8 Å². The van der Waals surface area contributed by atoms with E-state index in [4.69, 9.17) is 9.73 Å². The maximum atomic E-state index is 5.83. The summed E-state index contributed by atoms with van der Waals surface area (Å²) in [4.78, 5) is 7.41. The summed E-state index contributed by atoms with van der Waals surface area (Å²) < 4.78 is 7.84. The molecule has 32 heavy (non-hydrogen) atoms. The third-order valence-electron chi connectivity index (χ3n) is 6.85. The molecule has 3 unspecified atom stereocenters. The highest BCUT2D eigenvalue weighted by atomic mass is 127. The largest absolute Gasteiger partial charge is 0.376 e. The molecule has 0 spiro atoms. The van der Waals surface area contributed by atoms with Crippen LogP contribution in [0, 0.1) is 12.8 Å². The molecule has 0 radical (unpaired) electrons. The number of piperidine rings is 1. The highest BCUT2D eigenvalue weighted by Gasteiger charge is 2.31. The number of hydrogen-bond donors (Lipinski definition) is 1. The summed E-state index contributed by atoms with van der Waals surface area (Å²) in [5, 5.41) is 12.1. The van der Waals surface area contributed by atoms with Crippen molar-refractivity contribution in [2.75, 3.05) is 26.2 Å². The molecule has 8 heteroatoms. The van der Waals surface area contributed by atoms with Crippen LogP contribution in [0.1, 0.15) is 55.7 Å². The van der Waals surface area contributed by atoms with E-state index in [0.29, 0.717) is 18.4 Å². The molecule has 1 aromatic heterocycles. The Morgan fingerprint density at radius 1 is 1.22 bits per heavy atom. The van der Waals surface area contributed by atoms with Crippen LogP contribution >= 0.6 is 24.0 Å². The van der Waals surface area contributed by atoms with Crippen LogP contribution in [0.2, 0.25) is 0 Å². The summed E-state index contributed by atoms with van der Waals surface area (Å²) in [5.41, 5.74) is 1.47. The van der Waals surface area contributed by atoms with E-state index in [1.54, 1.807) is 0 Å². The fraction of sp³-hybridized carbons (Fsp3) is 0.625. The number of aryl methyl sites for hydroxylation is 1. The molecule has 1 aromatic carbocycles. The minimum Gasteiger partial charge on any atom is -0.376 e. The first-order valence-electron chi connectivity index (χ1n) is 11.7. The highest BCUT2D eigenvalue weighted by Crippen LogP contribution is 2.34. The van der Waals surface area contributed by atoms with Crippen LogP contribution < -0.4 is 5.32 Å². The lowest BCUT2D eigenvalue weighted by atomic mass is 9.79. The number of aliphatic imine (C=N–C) groups is 1. The SMILES string of the molecule is CCC1CN(C(=NCc2nnc(C)n2C)NCC2CCCO2)CCC1c1ccccc1.I. The molecule has 2 fully saturated rings. The molecule has 2 saturated heterocycles. The van der Waals surface area contributed by atoms with E-state index >= 15 is 0 Å². The fourth-order valence-corrected chi connectivity index (χ4v) is 4.79. The van der Waals surface area contributed by atoms with Crippen molar-refractivity contribution in [1.29, 1.82) is 0 Å². The first-order chi connectivity index (χ1) is 15.2. The molecular weight excluding hydrogens is 515 g/mol. The van der Waals surface area contributed by atoms with Crippen LogP contribution in [0.3, 0.4) is 0 Å². The predicted octanol–water partition coefficient (Wildman–Crippen LogP) is 3.88. The second-order valence-electron chi connectivity index (χ2n) is 8.80. The molecule has 3 heterocycles. The van der Waals surface area contributed by atoms with Gasteiger partial charge in [-0.15, -0.1) is 34.2 Å². The number of aromatic nitrogens is 3. The molecule has 1 N–H and O–H groups in total. The Morgan fingerprint density at radius 3 is 2.69 bits per heavy atom. The van der Waals surface area contributed by atoms with Gasteiger partial charge in [0.2, 0.25) is 0 Å². The lowest BCUT2D eigenvalue weighted by molar-refractivity contribution is 0.112. The van der Waals surface area contributed by atoms with E-state index in [2.05, 4.69) is 57.7 Å². The van der Waals surface area contributed by atoms with Crippen LogP contribution in [0.25, 0.3) is 0 Å². The third kappa shape index (κ3) is 6.01. The molecule has 7 nitrogen and oxygen atoms in total. The zero-order valence-corrected chi connectivity index (χ0v) is 21.9. The number of guanidine groups is 1. The molecular formula is C24H37IN6O. The molecule has 0 bridgehead atoms. The number of benzene rings is 1. The van der Waals surface area contributed by atoms with Crippen LogP contribution in [-0.4, -0.2) is 58.0 Å². The van der Waals surface area contributed by atoms with Crippen molar-refractivity contribution in [3.8, 4) is 0 Å². The summed E-state index contributed by atoms with van der Waals surface area (Å²) in [6.07, 6.45) is 4.86. The average molecular weight is 553 g/mol. The van der Waals surface area contributed by atoms with Crippen molar-refractivity contribution < 1.29 is 4.74 Å². The van der Waals surface area contributed by atoms with Crippen molar-refractivity contribution in [1.82, 2.24) is 25.0 Å². The monoisotopic (exact) mass is 552 g/mol. The van der Waals surface area contributed by atoms with Crippen LogP contribution in [-0.2, 0) is 18.3 Å². The van der Waals surface area contributed by atoms with E-state index in [1.807, 2.05) is 18.5 Å². The summed E-state index contributed by atoms with van der Waals surface area (Å²) in [6.45, 7) is 8.51. The van der Waals surface area contributed by atoms with Crippen LogP contribution in [0.4, 0.5) is 0 Å². The van der Waals surface area contributed by atoms with Gasteiger partial charge in [0.25, 0.3) is 0 Å². The summed E-state index contributed by atoms with van der Waals surface area (Å²) in [5.74, 6) is 4.00. The third-order valence-corrected chi connectivity index (χ3v) is 6.85. The highest BCUT2D eigenvalue weighted by molar-refractivity contribution is 14.0. The molecule has 2 aliphatic heterocycles. The Labute approximate surface area is 209 Å². The van der Waals surface area contributed by atoms with Gasteiger partial charge in [-0.05, 0) is 43.6 Å². The van der Waals surface area contributed by atoms with E-state index in [1.165, 1.54) is 5.56 Å². The number of nitrogens with zero attached hydrogens (tertiary/aromatic N) is 5. The van der Waals surface area contributed by atoms with Gasteiger partial charge in [-0.1, -0.05) is 43.7 Å². The number of halogens is 1. The maximum Gasteiger partial charge on any atom is 0.194 e. The topological polar surface area (TPSA) is 67.6 Å². The zero-order chi connectivity index (χ0) is 21.6. The van der Waals surface area contributed by atoms with Crippen LogP contribution in [0.5, 0.6) is 0 Å². The normalized spacial score (nSPS) is 23.8. The average Bonchev–Trinajstić information content (AvgIpc) is 3.44. The Morgan fingerprint density at radius 2 is 2.03 bits per heavy atom. The van der Waals surface area contributed by atoms with Crippen molar-refractivity contribution >= 4 is 29.9 Å². The number of hydrogen-bond acceptors (Lipinski definition) is 4. The van der Waals surface area contributed by atoms with Crippen LogP contribution in [0.15, 0.2) is 35.3 Å². The second-order valence-corrected chi connectivity index (χ2v) is 8.80. The van der Waals surface area contributed by atoms with Crippen molar-refractivity contribution in [2.45, 2.75) is 58.1 Å². The quantitative estimate of drug-likeness (QED) is 0.335. The number of rotatable bonds is 6. The van der Waals surface area contributed by atoms with Crippen molar-refractivity contribution in [3.63, 3.8) is 0 Å². The van der Waals surface area contributed by atoms with E-state index in [0.717, 1.165) is 69.5 Å². The first kappa shape index (κ1) is 25.0. The van der Waals surface area contributed by atoms with Gasteiger partial charge < -0.3 is 19.5 Å². The van der Waals surface area contributed by atoms with Gasteiger partial charge in [0.1, 0.15) is 12.4 Å². The van der Waals surface area contributed by atoms with Gasteiger partial charge in [0, 0.05) is 33.3 Å². The van der Waals surface area contributed by atoms with Gasteiger partial charge >= 0.3 is 0 Å². The lowest BCUT2D eigenvalue weighted by Crippen LogP contribution is -2.49. The predicted molar refractivity (Wildman–Crippen MR) is 138 cm³/mol. The summed E-state index contributed by atoms with van der Waals surface area (Å²) in [7, 11) is 2.00. The fourth-order valence-electron chi connectivity index (χ4n) is 4.79. The summed E-state index contributed by atoms with van der Waals surface area (Å²) >= 11 is 0. The minimum absolute atomic E-state index is 0. The second kappa shape index (κ2) is 12.0. The van der Waals surface area contributed by atoms with E-state index < -0.39 is 0 Å². The maximum absolute atomic E-state index is 5.83. The van der Waals surface area contributed by atoms with Crippen molar-refractivity contribution in [2.24, 2.45) is 18.0 Å². The van der Waals surface area contributed by atoms with Gasteiger partial charge in [-0.25, -0.2) is 4.99 Å². The Bertz CT molecular complexity index is 865. The van der Waals surface area contributed by atoms with Crippen molar-refractivity contribution in [3.05, 3.63) is 47.5 Å². The Balaban J connectivity index is 0.00000289. The molecule has 176 valence electrons. The van der Waals surface area contributed by atoms with Gasteiger partial charge in [0.05, 0.1) is 6.10 Å². The Kier molecular flexibility index (Phi) is 9.34. The Hall–Kier alpha value is -1.68. The molecule has 2 aromatic rings. The number of ether oxygens (including phenoxy) is 1. The van der Waals surface area contributed by atoms with E-state index in [-0.39, 0.29) is 30.1 Å². The lowest BCUT2D eigenvalue weighted by Gasteiger charge is -2.40. The summed E-state index contributed by atoms with van der Waals surface area (Å²) in [6, 6.07) is 11.0. The number of nitrogens with one attached hydrogen (secondary N) is 1. The van der Waals surface area contributed by atoms with Gasteiger partial charge in [-0.2, -0.15) is 0 Å².